The zero-order chi connectivity index (χ0) is 20.9. The number of aliphatic hydroxyl groups excluding tert-OH is 2. The Bertz CT molecular complexity index is 901. The number of aliphatic hydroxyl groups is 2. The second-order valence-electron chi connectivity index (χ2n) is 7.37. The molecule has 1 aliphatic heterocycles. The fourth-order valence-electron chi connectivity index (χ4n) is 3.77. The van der Waals surface area contributed by atoms with Gasteiger partial charge in [0, 0.05) is 6.54 Å². The van der Waals surface area contributed by atoms with Crippen LogP contribution in [0.1, 0.15) is 37.3 Å². The Morgan fingerprint density at radius 1 is 1.14 bits per heavy atom. The summed E-state index contributed by atoms with van der Waals surface area (Å²) < 4.78 is 0. The van der Waals surface area contributed by atoms with Crippen molar-refractivity contribution in [2.45, 2.75) is 44.4 Å². The zero-order valence-corrected chi connectivity index (χ0v) is 17.3. The van der Waals surface area contributed by atoms with Crippen LogP contribution in [0.4, 0.5) is 0 Å². The normalized spacial score (nSPS) is 18.4. The first-order valence-electron chi connectivity index (χ1n) is 9.90. The first kappa shape index (κ1) is 21.5. The van der Waals surface area contributed by atoms with Gasteiger partial charge in [-0.1, -0.05) is 73.8 Å². The molecule has 0 saturated carbocycles. The Hall–Kier alpha value is -2.23. The van der Waals surface area contributed by atoms with Gasteiger partial charge in [0.2, 0.25) is 0 Å². The molecule has 6 heteroatoms. The highest BCUT2D eigenvalue weighted by molar-refractivity contribution is 6.68. The van der Waals surface area contributed by atoms with Crippen molar-refractivity contribution in [3.8, 4) is 17.2 Å². The number of aliphatic imine (C=N–C) groups is 1. The van der Waals surface area contributed by atoms with Crippen LogP contribution >= 0.6 is 11.6 Å². The largest absolute Gasteiger partial charge is 0.394 e. The molecule has 0 bridgehead atoms. The van der Waals surface area contributed by atoms with E-state index < -0.39 is 5.54 Å². The van der Waals surface area contributed by atoms with Crippen LogP contribution in [-0.4, -0.2) is 45.2 Å². The minimum atomic E-state index is -1.05. The molecule has 0 aromatic heterocycles. The van der Waals surface area contributed by atoms with Gasteiger partial charge in [0.25, 0.3) is 0 Å². The number of halogens is 1. The molecule has 1 unspecified atom stereocenters. The van der Waals surface area contributed by atoms with E-state index in [-0.39, 0.29) is 24.6 Å². The van der Waals surface area contributed by atoms with Crippen LogP contribution in [0.15, 0.2) is 53.5 Å². The molecule has 2 aromatic rings. The van der Waals surface area contributed by atoms with Crippen LogP contribution in [0, 0.1) is 11.3 Å². The summed E-state index contributed by atoms with van der Waals surface area (Å²) in [5, 5.41) is 29.7. The number of benzene rings is 2. The Balaban J connectivity index is 1.86. The first-order valence-corrected chi connectivity index (χ1v) is 10.3. The average Bonchev–Trinajstić information content (AvgIpc) is 3.03. The summed E-state index contributed by atoms with van der Waals surface area (Å²) in [7, 11) is 0. The van der Waals surface area contributed by atoms with E-state index in [2.05, 4.69) is 18.0 Å². The van der Waals surface area contributed by atoms with E-state index in [1.165, 1.54) is 0 Å². The highest BCUT2D eigenvalue weighted by Crippen LogP contribution is 2.34. The lowest BCUT2D eigenvalue weighted by atomic mass is 9.97. The summed E-state index contributed by atoms with van der Waals surface area (Å²) in [6, 6.07) is 17.7. The van der Waals surface area contributed by atoms with Gasteiger partial charge < -0.3 is 10.2 Å². The summed E-state index contributed by atoms with van der Waals surface area (Å²) in [5.74, 6) is 0. The van der Waals surface area contributed by atoms with Crippen LogP contribution < -0.4 is 0 Å². The summed E-state index contributed by atoms with van der Waals surface area (Å²) in [4.78, 5) is 6.54. The van der Waals surface area contributed by atoms with Gasteiger partial charge >= 0.3 is 0 Å². The molecule has 0 fully saturated rings. The van der Waals surface area contributed by atoms with Crippen LogP contribution in [0.5, 0.6) is 0 Å². The molecular formula is C23H26ClN3O2. The highest BCUT2D eigenvalue weighted by Gasteiger charge is 2.48. The van der Waals surface area contributed by atoms with Crippen LogP contribution in [0.25, 0.3) is 11.1 Å². The predicted molar refractivity (Wildman–Crippen MR) is 116 cm³/mol. The third kappa shape index (κ3) is 4.22. The fraction of sp³-hybridized carbons (Fsp3) is 0.391. The topological polar surface area (TPSA) is 79.9 Å². The first-order chi connectivity index (χ1) is 14.1. The number of nitriles is 1. The second kappa shape index (κ2) is 9.51. The van der Waals surface area contributed by atoms with Gasteiger partial charge in [-0.3, -0.25) is 9.89 Å². The smallest absolute Gasteiger partial charge is 0.127 e. The second-order valence-corrected chi connectivity index (χ2v) is 7.73. The van der Waals surface area contributed by atoms with E-state index in [1.807, 2.05) is 53.4 Å². The molecule has 0 amide bonds. The van der Waals surface area contributed by atoms with Crippen molar-refractivity contribution in [3.05, 3.63) is 59.7 Å². The van der Waals surface area contributed by atoms with Crippen LogP contribution in [0.3, 0.4) is 0 Å². The maximum atomic E-state index is 10.0. The van der Waals surface area contributed by atoms with Gasteiger partial charge in [-0.2, -0.15) is 5.26 Å². The Morgan fingerprint density at radius 3 is 2.45 bits per heavy atom. The van der Waals surface area contributed by atoms with Gasteiger partial charge in [-0.15, -0.1) is 0 Å². The van der Waals surface area contributed by atoms with Crippen molar-refractivity contribution >= 4 is 16.8 Å². The number of rotatable bonds is 8. The van der Waals surface area contributed by atoms with E-state index in [4.69, 9.17) is 11.6 Å². The lowest BCUT2D eigenvalue weighted by Gasteiger charge is -2.37. The number of hydrogen-bond donors (Lipinski definition) is 2. The molecule has 1 heterocycles. The molecule has 2 N–H and O–H groups in total. The van der Waals surface area contributed by atoms with Crippen LogP contribution in [-0.2, 0) is 6.54 Å². The summed E-state index contributed by atoms with van der Waals surface area (Å²) >= 11 is 6.37. The van der Waals surface area contributed by atoms with Crippen LogP contribution in [0.2, 0.25) is 0 Å². The van der Waals surface area contributed by atoms with E-state index >= 15 is 0 Å². The van der Waals surface area contributed by atoms with Crippen molar-refractivity contribution in [2.24, 2.45) is 4.99 Å². The molecular weight excluding hydrogens is 386 g/mol. The Kier molecular flexibility index (Phi) is 7.05. The predicted octanol–water partition coefficient (Wildman–Crippen LogP) is 3.92. The maximum Gasteiger partial charge on any atom is 0.127 e. The average molecular weight is 412 g/mol. The quantitative estimate of drug-likeness (QED) is 0.690. The minimum absolute atomic E-state index is 0.166. The van der Waals surface area contributed by atoms with Crippen molar-refractivity contribution in [1.29, 1.82) is 5.26 Å². The van der Waals surface area contributed by atoms with E-state index in [1.54, 1.807) is 0 Å². The molecule has 1 aliphatic rings. The lowest BCUT2D eigenvalue weighted by molar-refractivity contribution is 0.0157. The van der Waals surface area contributed by atoms with Crippen molar-refractivity contribution in [2.75, 3.05) is 13.2 Å². The van der Waals surface area contributed by atoms with E-state index in [0.29, 0.717) is 12.1 Å². The van der Waals surface area contributed by atoms with Crippen molar-refractivity contribution < 1.29 is 10.2 Å². The molecule has 152 valence electrons. The lowest BCUT2D eigenvalue weighted by Crippen LogP contribution is -2.56. The summed E-state index contributed by atoms with van der Waals surface area (Å²) in [6.07, 6.45) is 2.68. The van der Waals surface area contributed by atoms with Gasteiger partial charge in [0.15, 0.2) is 0 Å². The molecule has 0 aliphatic carbocycles. The highest BCUT2D eigenvalue weighted by atomic mass is 35.5. The fourth-order valence-corrected chi connectivity index (χ4v) is 4.11. The number of unbranched alkanes of at least 4 members (excludes halogenated alkanes) is 1. The third-order valence-electron chi connectivity index (χ3n) is 5.56. The van der Waals surface area contributed by atoms with Gasteiger partial charge in [-0.05, 0) is 29.2 Å². The monoisotopic (exact) mass is 411 g/mol. The molecule has 1 atom stereocenters. The molecule has 3 rings (SSSR count). The molecule has 29 heavy (non-hydrogen) atoms. The van der Waals surface area contributed by atoms with E-state index in [0.717, 1.165) is 36.0 Å². The van der Waals surface area contributed by atoms with E-state index in [9.17, 15) is 15.5 Å². The maximum absolute atomic E-state index is 10.0. The molecule has 2 aromatic carbocycles. The molecule has 0 spiro atoms. The van der Waals surface area contributed by atoms with Gasteiger partial charge in [0.05, 0.1) is 24.8 Å². The standard InChI is InChI=1S/C23H26ClN3O2/c1-2-3-8-21-26-22(24)23(15-28,16-29)27(21)14-17-9-11-18(12-10-17)20-7-5-4-6-19(20)13-25/h4-7,9-12,21,28-29H,2-3,8,14-16H2,1H3. The Labute approximate surface area is 176 Å². The Morgan fingerprint density at radius 2 is 1.83 bits per heavy atom. The third-order valence-corrected chi connectivity index (χ3v) is 6.01. The molecule has 0 radical (unpaired) electrons. The van der Waals surface area contributed by atoms with Crippen molar-refractivity contribution in [1.82, 2.24) is 4.90 Å². The SMILES string of the molecule is CCCCC1N=C(Cl)C(CO)(CO)N1Cc1ccc(-c2ccccc2C#N)cc1. The molecule has 5 nitrogen and oxygen atoms in total. The summed E-state index contributed by atoms with van der Waals surface area (Å²) in [5.41, 5.74) is 2.48. The van der Waals surface area contributed by atoms with Crippen molar-refractivity contribution in [3.63, 3.8) is 0 Å². The summed E-state index contributed by atoms with van der Waals surface area (Å²) in [6.45, 7) is 2.05. The number of hydrogen-bond acceptors (Lipinski definition) is 5. The molecule has 0 saturated heterocycles. The minimum Gasteiger partial charge on any atom is -0.394 e. The van der Waals surface area contributed by atoms with Gasteiger partial charge in [-0.25, -0.2) is 0 Å². The zero-order valence-electron chi connectivity index (χ0n) is 16.6. The van der Waals surface area contributed by atoms with Gasteiger partial charge in [0.1, 0.15) is 16.9 Å². The number of nitrogens with zero attached hydrogens (tertiary/aromatic N) is 3.